The quantitative estimate of drug-likeness (QED) is 0.719. The molecule has 2 heteroatoms. The van der Waals surface area contributed by atoms with Gasteiger partial charge in [-0.3, -0.25) is 0 Å². The lowest BCUT2D eigenvalue weighted by Gasteiger charge is -2.11. The first kappa shape index (κ1) is 10.1. The Bertz CT molecular complexity index is 288. The van der Waals surface area contributed by atoms with Gasteiger partial charge in [0.1, 0.15) is 11.5 Å². The van der Waals surface area contributed by atoms with Crippen molar-refractivity contribution in [3.05, 3.63) is 35.8 Å². The van der Waals surface area contributed by atoms with E-state index >= 15 is 0 Å². The van der Waals surface area contributed by atoms with Gasteiger partial charge in [-0.25, -0.2) is 0 Å². The van der Waals surface area contributed by atoms with Gasteiger partial charge < -0.3 is 9.73 Å². The average molecular weight is 179 g/mol. The maximum Gasteiger partial charge on any atom is 0.106 e. The maximum absolute atomic E-state index is 5.46. The molecule has 1 aromatic rings. The SMILES string of the molecule is C=CC(NCC)c1cc(C)oc1C. The smallest absolute Gasteiger partial charge is 0.106 e. The molecule has 1 N–H and O–H groups in total. The van der Waals surface area contributed by atoms with Gasteiger partial charge in [-0.05, 0) is 26.5 Å². The molecule has 0 saturated heterocycles. The van der Waals surface area contributed by atoms with Crippen LogP contribution in [0.5, 0.6) is 0 Å². The predicted octanol–water partition coefficient (Wildman–Crippen LogP) is 2.73. The fourth-order valence-corrected chi connectivity index (χ4v) is 1.50. The molecule has 0 aromatic carbocycles. The number of likely N-dealkylation sites (N-methyl/N-ethyl adjacent to an activating group) is 1. The van der Waals surface area contributed by atoms with Crippen LogP contribution in [0.15, 0.2) is 23.1 Å². The molecule has 0 saturated carbocycles. The normalized spacial score (nSPS) is 12.8. The Labute approximate surface area is 79.6 Å². The van der Waals surface area contributed by atoms with Crippen LogP contribution in [0.3, 0.4) is 0 Å². The van der Waals surface area contributed by atoms with Gasteiger partial charge in [0, 0.05) is 5.56 Å². The summed E-state index contributed by atoms with van der Waals surface area (Å²) in [5.41, 5.74) is 1.19. The minimum absolute atomic E-state index is 0.211. The summed E-state index contributed by atoms with van der Waals surface area (Å²) in [7, 11) is 0. The van der Waals surface area contributed by atoms with E-state index in [1.165, 1.54) is 5.56 Å². The number of rotatable bonds is 4. The first-order chi connectivity index (χ1) is 6.19. The molecule has 1 rings (SSSR count). The Morgan fingerprint density at radius 2 is 2.31 bits per heavy atom. The topological polar surface area (TPSA) is 25.2 Å². The molecule has 0 aliphatic heterocycles. The number of nitrogens with one attached hydrogen (secondary N) is 1. The van der Waals surface area contributed by atoms with Crippen LogP contribution in [-0.4, -0.2) is 6.54 Å². The molecular formula is C11H17NO. The average Bonchev–Trinajstić information content (AvgIpc) is 2.41. The molecule has 0 aliphatic carbocycles. The zero-order valence-corrected chi connectivity index (χ0v) is 8.55. The molecule has 1 atom stereocenters. The number of furan rings is 1. The van der Waals surface area contributed by atoms with E-state index in [4.69, 9.17) is 4.42 Å². The maximum atomic E-state index is 5.46. The van der Waals surface area contributed by atoms with Crippen LogP contribution >= 0.6 is 0 Å². The van der Waals surface area contributed by atoms with Gasteiger partial charge in [0.15, 0.2) is 0 Å². The summed E-state index contributed by atoms with van der Waals surface area (Å²) in [6.45, 7) is 10.8. The second kappa shape index (κ2) is 4.28. The van der Waals surface area contributed by atoms with Crippen LogP contribution in [0, 0.1) is 13.8 Å². The summed E-state index contributed by atoms with van der Waals surface area (Å²) in [6, 6.07) is 2.27. The van der Waals surface area contributed by atoms with E-state index in [-0.39, 0.29) is 6.04 Å². The van der Waals surface area contributed by atoms with Gasteiger partial charge in [0.25, 0.3) is 0 Å². The molecular weight excluding hydrogens is 162 g/mol. The van der Waals surface area contributed by atoms with Crippen LogP contribution in [0.1, 0.15) is 30.0 Å². The van der Waals surface area contributed by atoms with Gasteiger partial charge in [-0.15, -0.1) is 6.58 Å². The standard InChI is InChI=1S/C11H17NO/c1-5-11(12-6-2)10-7-8(3)13-9(10)4/h5,7,11-12H,1,6H2,2-4H3. The highest BCUT2D eigenvalue weighted by atomic mass is 16.3. The zero-order valence-electron chi connectivity index (χ0n) is 8.55. The van der Waals surface area contributed by atoms with E-state index in [1.54, 1.807) is 0 Å². The first-order valence-corrected chi connectivity index (χ1v) is 4.62. The fourth-order valence-electron chi connectivity index (χ4n) is 1.50. The molecule has 0 spiro atoms. The monoisotopic (exact) mass is 179 g/mol. The minimum Gasteiger partial charge on any atom is -0.466 e. The van der Waals surface area contributed by atoms with Crippen molar-refractivity contribution in [3.63, 3.8) is 0 Å². The Morgan fingerprint density at radius 3 is 2.69 bits per heavy atom. The van der Waals surface area contributed by atoms with Crippen molar-refractivity contribution in [2.75, 3.05) is 6.54 Å². The Balaban J connectivity index is 2.89. The van der Waals surface area contributed by atoms with Gasteiger partial charge in [0.2, 0.25) is 0 Å². The molecule has 1 heterocycles. The highest BCUT2D eigenvalue weighted by Crippen LogP contribution is 2.21. The molecule has 0 fully saturated rings. The second-order valence-electron chi connectivity index (χ2n) is 3.14. The van der Waals surface area contributed by atoms with Gasteiger partial charge in [0.05, 0.1) is 6.04 Å². The highest BCUT2D eigenvalue weighted by molar-refractivity contribution is 5.26. The Morgan fingerprint density at radius 1 is 1.62 bits per heavy atom. The predicted molar refractivity (Wildman–Crippen MR) is 54.8 cm³/mol. The number of aryl methyl sites for hydroxylation is 2. The van der Waals surface area contributed by atoms with Crippen molar-refractivity contribution in [2.24, 2.45) is 0 Å². The lowest BCUT2D eigenvalue weighted by atomic mass is 10.1. The molecule has 72 valence electrons. The summed E-state index contributed by atoms with van der Waals surface area (Å²) in [6.07, 6.45) is 1.90. The van der Waals surface area contributed by atoms with Crippen molar-refractivity contribution in [3.8, 4) is 0 Å². The summed E-state index contributed by atoms with van der Waals surface area (Å²) >= 11 is 0. The number of hydrogen-bond donors (Lipinski definition) is 1. The summed E-state index contributed by atoms with van der Waals surface area (Å²) in [5, 5.41) is 3.32. The third-order valence-electron chi connectivity index (χ3n) is 2.07. The van der Waals surface area contributed by atoms with Gasteiger partial charge >= 0.3 is 0 Å². The minimum atomic E-state index is 0.211. The van der Waals surface area contributed by atoms with E-state index < -0.39 is 0 Å². The van der Waals surface area contributed by atoms with Crippen LogP contribution in [0.4, 0.5) is 0 Å². The Hall–Kier alpha value is -1.02. The van der Waals surface area contributed by atoms with Crippen molar-refractivity contribution in [1.82, 2.24) is 5.32 Å². The van der Waals surface area contributed by atoms with Gasteiger partial charge in [-0.1, -0.05) is 13.0 Å². The molecule has 0 bridgehead atoms. The van der Waals surface area contributed by atoms with Crippen LogP contribution in [0.25, 0.3) is 0 Å². The molecule has 13 heavy (non-hydrogen) atoms. The lowest BCUT2D eigenvalue weighted by Crippen LogP contribution is -2.18. The molecule has 0 radical (unpaired) electrons. The zero-order chi connectivity index (χ0) is 9.84. The van der Waals surface area contributed by atoms with Crippen molar-refractivity contribution < 1.29 is 4.42 Å². The number of hydrogen-bond acceptors (Lipinski definition) is 2. The Kier molecular flexibility index (Phi) is 3.32. The van der Waals surface area contributed by atoms with Crippen LogP contribution in [0.2, 0.25) is 0 Å². The highest BCUT2D eigenvalue weighted by Gasteiger charge is 2.12. The van der Waals surface area contributed by atoms with E-state index in [0.717, 1.165) is 18.1 Å². The fraction of sp³-hybridized carbons (Fsp3) is 0.455. The van der Waals surface area contributed by atoms with Gasteiger partial charge in [-0.2, -0.15) is 0 Å². The van der Waals surface area contributed by atoms with Crippen molar-refractivity contribution >= 4 is 0 Å². The third-order valence-corrected chi connectivity index (χ3v) is 2.07. The molecule has 1 unspecified atom stereocenters. The second-order valence-corrected chi connectivity index (χ2v) is 3.14. The summed E-state index contributed by atoms with van der Waals surface area (Å²) in [4.78, 5) is 0. The van der Waals surface area contributed by atoms with Crippen LogP contribution < -0.4 is 5.32 Å². The van der Waals surface area contributed by atoms with E-state index in [2.05, 4.69) is 24.9 Å². The molecule has 1 aromatic heterocycles. The molecule has 0 aliphatic rings. The van der Waals surface area contributed by atoms with E-state index in [1.807, 2.05) is 19.9 Å². The molecule has 2 nitrogen and oxygen atoms in total. The third kappa shape index (κ3) is 2.22. The van der Waals surface area contributed by atoms with E-state index in [9.17, 15) is 0 Å². The summed E-state index contributed by atoms with van der Waals surface area (Å²) < 4.78 is 5.46. The van der Waals surface area contributed by atoms with E-state index in [0.29, 0.717) is 0 Å². The van der Waals surface area contributed by atoms with Crippen LogP contribution in [-0.2, 0) is 0 Å². The summed E-state index contributed by atoms with van der Waals surface area (Å²) in [5.74, 6) is 1.93. The lowest BCUT2D eigenvalue weighted by molar-refractivity contribution is 0.496. The first-order valence-electron chi connectivity index (χ1n) is 4.62. The van der Waals surface area contributed by atoms with Crippen molar-refractivity contribution in [1.29, 1.82) is 0 Å². The largest absolute Gasteiger partial charge is 0.466 e. The molecule has 0 amide bonds. The van der Waals surface area contributed by atoms with Crippen molar-refractivity contribution in [2.45, 2.75) is 26.8 Å².